The first-order chi connectivity index (χ1) is 15.0. The standard InChI is InChI=1S/C23H19ClN2O5/c1-30-20-4-2-3-18(13-25-26-22(27)16-9-11-19(24)12-10-16)21(20)31-14-15-5-7-17(8-6-15)23(28)29/h2-13H,14H2,1H3,(H,26,27)(H,28,29)/b25-13-. The molecule has 0 aliphatic carbocycles. The summed E-state index contributed by atoms with van der Waals surface area (Å²) in [4.78, 5) is 23.2. The summed E-state index contributed by atoms with van der Waals surface area (Å²) < 4.78 is 11.3. The first-order valence-electron chi connectivity index (χ1n) is 9.19. The molecule has 0 aliphatic heterocycles. The summed E-state index contributed by atoms with van der Waals surface area (Å²) in [5, 5.41) is 13.5. The van der Waals surface area contributed by atoms with Gasteiger partial charge in [-0.05, 0) is 54.1 Å². The number of nitrogens with one attached hydrogen (secondary N) is 1. The van der Waals surface area contributed by atoms with Crippen LogP contribution in [-0.4, -0.2) is 30.3 Å². The molecule has 0 bridgehead atoms. The molecule has 0 spiro atoms. The zero-order chi connectivity index (χ0) is 22.2. The number of halogens is 1. The number of rotatable bonds is 8. The highest BCUT2D eigenvalue weighted by Gasteiger charge is 2.11. The number of nitrogens with zero attached hydrogens (tertiary/aromatic N) is 1. The minimum absolute atomic E-state index is 0.193. The van der Waals surface area contributed by atoms with Crippen LogP contribution in [0.4, 0.5) is 0 Å². The molecule has 3 aromatic carbocycles. The van der Waals surface area contributed by atoms with Gasteiger partial charge in [0.2, 0.25) is 0 Å². The van der Waals surface area contributed by atoms with Crippen LogP contribution < -0.4 is 14.9 Å². The Morgan fingerprint density at radius 3 is 2.35 bits per heavy atom. The molecule has 0 fully saturated rings. The van der Waals surface area contributed by atoms with Gasteiger partial charge in [-0.15, -0.1) is 0 Å². The Kier molecular flexibility index (Phi) is 7.24. The molecule has 0 radical (unpaired) electrons. The van der Waals surface area contributed by atoms with E-state index in [9.17, 15) is 9.59 Å². The number of aromatic carboxylic acids is 1. The molecule has 3 aromatic rings. The van der Waals surface area contributed by atoms with Crippen LogP contribution in [0, 0.1) is 0 Å². The van der Waals surface area contributed by atoms with E-state index in [0.717, 1.165) is 5.56 Å². The Morgan fingerprint density at radius 2 is 1.71 bits per heavy atom. The molecule has 0 atom stereocenters. The number of hydrogen-bond donors (Lipinski definition) is 2. The number of para-hydroxylation sites is 1. The van der Waals surface area contributed by atoms with Crippen molar-refractivity contribution in [2.45, 2.75) is 6.61 Å². The van der Waals surface area contributed by atoms with E-state index >= 15 is 0 Å². The molecular formula is C23H19ClN2O5. The van der Waals surface area contributed by atoms with Crippen LogP contribution in [0.15, 0.2) is 71.8 Å². The summed E-state index contributed by atoms with van der Waals surface area (Å²) in [6.45, 7) is 0.193. The van der Waals surface area contributed by atoms with Crippen molar-refractivity contribution in [1.29, 1.82) is 0 Å². The van der Waals surface area contributed by atoms with Crippen LogP contribution in [0.3, 0.4) is 0 Å². The van der Waals surface area contributed by atoms with Gasteiger partial charge in [0.05, 0.1) is 18.9 Å². The second-order valence-corrected chi connectivity index (χ2v) is 6.81. The highest BCUT2D eigenvalue weighted by Crippen LogP contribution is 2.30. The Labute approximate surface area is 183 Å². The molecule has 31 heavy (non-hydrogen) atoms. The Hall–Kier alpha value is -3.84. The van der Waals surface area contributed by atoms with E-state index < -0.39 is 5.97 Å². The fraction of sp³-hybridized carbons (Fsp3) is 0.0870. The first kappa shape index (κ1) is 21.9. The number of benzene rings is 3. The minimum Gasteiger partial charge on any atom is -0.493 e. The summed E-state index contributed by atoms with van der Waals surface area (Å²) >= 11 is 5.83. The van der Waals surface area contributed by atoms with Gasteiger partial charge in [-0.3, -0.25) is 4.79 Å². The van der Waals surface area contributed by atoms with Gasteiger partial charge >= 0.3 is 5.97 Å². The number of amides is 1. The van der Waals surface area contributed by atoms with E-state index in [-0.39, 0.29) is 18.1 Å². The summed E-state index contributed by atoms with van der Waals surface area (Å²) in [5.41, 5.74) is 4.46. The maximum atomic E-state index is 12.2. The highest BCUT2D eigenvalue weighted by atomic mass is 35.5. The van der Waals surface area contributed by atoms with Crippen molar-refractivity contribution in [2.75, 3.05) is 7.11 Å². The van der Waals surface area contributed by atoms with Crippen LogP contribution in [0.25, 0.3) is 0 Å². The third-order valence-electron chi connectivity index (χ3n) is 4.29. The SMILES string of the molecule is COc1cccc(/C=N\NC(=O)c2ccc(Cl)cc2)c1OCc1ccc(C(=O)O)cc1. The van der Waals surface area contributed by atoms with Gasteiger partial charge in [0, 0.05) is 16.1 Å². The highest BCUT2D eigenvalue weighted by molar-refractivity contribution is 6.30. The van der Waals surface area contributed by atoms with Gasteiger partial charge in [-0.1, -0.05) is 29.8 Å². The Bertz CT molecular complexity index is 1100. The average Bonchev–Trinajstić information content (AvgIpc) is 2.78. The molecule has 0 unspecified atom stereocenters. The zero-order valence-corrected chi connectivity index (χ0v) is 17.3. The van der Waals surface area contributed by atoms with Crippen LogP contribution in [0.5, 0.6) is 11.5 Å². The second-order valence-electron chi connectivity index (χ2n) is 6.38. The predicted molar refractivity (Wildman–Crippen MR) is 117 cm³/mol. The second kappa shape index (κ2) is 10.3. The Balaban J connectivity index is 1.72. The van der Waals surface area contributed by atoms with E-state index in [1.807, 2.05) is 0 Å². The summed E-state index contributed by atoms with van der Waals surface area (Å²) in [6, 6.07) is 18.1. The fourth-order valence-electron chi connectivity index (χ4n) is 2.67. The van der Waals surface area contributed by atoms with Crippen molar-refractivity contribution in [1.82, 2.24) is 5.43 Å². The number of methoxy groups -OCH3 is 1. The van der Waals surface area contributed by atoms with E-state index in [4.69, 9.17) is 26.2 Å². The molecule has 8 heteroatoms. The van der Waals surface area contributed by atoms with Crippen LogP contribution >= 0.6 is 11.6 Å². The number of carbonyl (C=O) groups excluding carboxylic acids is 1. The van der Waals surface area contributed by atoms with E-state index in [0.29, 0.717) is 27.6 Å². The molecule has 7 nitrogen and oxygen atoms in total. The van der Waals surface area contributed by atoms with Crippen molar-refractivity contribution in [2.24, 2.45) is 5.10 Å². The third kappa shape index (κ3) is 5.83. The molecule has 3 rings (SSSR count). The van der Waals surface area contributed by atoms with Gasteiger partial charge in [-0.25, -0.2) is 10.2 Å². The number of hydrazone groups is 1. The Morgan fingerprint density at radius 1 is 1.03 bits per heavy atom. The maximum Gasteiger partial charge on any atom is 0.335 e. The van der Waals surface area contributed by atoms with Crippen molar-refractivity contribution in [3.05, 3.63) is 94.0 Å². The lowest BCUT2D eigenvalue weighted by Crippen LogP contribution is -2.17. The van der Waals surface area contributed by atoms with Crippen molar-refractivity contribution >= 4 is 29.7 Å². The minimum atomic E-state index is -0.989. The topological polar surface area (TPSA) is 97.2 Å². The lowest BCUT2D eigenvalue weighted by molar-refractivity contribution is 0.0696. The number of carboxylic acids is 1. The lowest BCUT2D eigenvalue weighted by Gasteiger charge is -2.13. The first-order valence-corrected chi connectivity index (χ1v) is 9.56. The molecule has 0 heterocycles. The van der Waals surface area contributed by atoms with E-state index in [1.54, 1.807) is 54.6 Å². The quantitative estimate of drug-likeness (QED) is 0.401. The zero-order valence-electron chi connectivity index (χ0n) is 16.5. The van der Waals surface area contributed by atoms with Crippen LogP contribution in [0.1, 0.15) is 31.8 Å². The number of ether oxygens (including phenoxy) is 2. The number of carbonyl (C=O) groups is 2. The molecule has 0 aliphatic rings. The van der Waals surface area contributed by atoms with E-state index in [2.05, 4.69) is 10.5 Å². The third-order valence-corrected chi connectivity index (χ3v) is 4.54. The summed E-state index contributed by atoms with van der Waals surface area (Å²) in [5.74, 6) is -0.430. The monoisotopic (exact) mass is 438 g/mol. The van der Waals surface area contributed by atoms with Gasteiger partial charge in [0.1, 0.15) is 6.61 Å². The number of hydrogen-bond acceptors (Lipinski definition) is 5. The average molecular weight is 439 g/mol. The fourth-order valence-corrected chi connectivity index (χ4v) is 2.80. The molecule has 0 aromatic heterocycles. The predicted octanol–water partition coefficient (Wildman–Crippen LogP) is 4.39. The number of carboxylic acid groups (broad SMARTS) is 1. The molecule has 0 saturated carbocycles. The van der Waals surface area contributed by atoms with Crippen molar-refractivity contribution in [3.63, 3.8) is 0 Å². The van der Waals surface area contributed by atoms with E-state index in [1.165, 1.54) is 25.5 Å². The van der Waals surface area contributed by atoms with Crippen LogP contribution in [-0.2, 0) is 6.61 Å². The van der Waals surface area contributed by atoms with Gasteiger partial charge in [0.25, 0.3) is 5.91 Å². The summed E-state index contributed by atoms with van der Waals surface area (Å²) in [7, 11) is 1.52. The molecule has 0 saturated heterocycles. The van der Waals surface area contributed by atoms with Gasteiger partial charge < -0.3 is 14.6 Å². The van der Waals surface area contributed by atoms with Crippen molar-refractivity contribution in [3.8, 4) is 11.5 Å². The molecule has 2 N–H and O–H groups in total. The molecular weight excluding hydrogens is 420 g/mol. The summed E-state index contributed by atoms with van der Waals surface area (Å²) in [6.07, 6.45) is 1.46. The largest absolute Gasteiger partial charge is 0.493 e. The lowest BCUT2D eigenvalue weighted by atomic mass is 10.1. The van der Waals surface area contributed by atoms with Crippen molar-refractivity contribution < 1.29 is 24.2 Å². The maximum absolute atomic E-state index is 12.2. The molecule has 158 valence electrons. The smallest absolute Gasteiger partial charge is 0.335 e. The van der Waals surface area contributed by atoms with Gasteiger partial charge in [-0.2, -0.15) is 5.10 Å². The normalized spacial score (nSPS) is 10.6. The molecule has 1 amide bonds. The van der Waals surface area contributed by atoms with Gasteiger partial charge in [0.15, 0.2) is 11.5 Å². The van der Waals surface area contributed by atoms with Crippen LogP contribution in [0.2, 0.25) is 5.02 Å².